The molecule has 0 saturated heterocycles. The van der Waals surface area contributed by atoms with Crippen LogP contribution in [0.1, 0.15) is 42.2 Å². The molecule has 0 spiro atoms. The fourth-order valence-electron chi connectivity index (χ4n) is 3.81. The molecule has 160 valence electrons. The summed E-state index contributed by atoms with van der Waals surface area (Å²) in [6.45, 7) is 2.32. The molecule has 3 aromatic carbocycles. The maximum Gasteiger partial charge on any atom is 0.162 e. The average molecular weight is 420 g/mol. The summed E-state index contributed by atoms with van der Waals surface area (Å²) in [5.74, 6) is 0.941. The standard InChI is InChI=1S/C25H25FN2O3/c1-3-31-23-10-6-8-19(24(23)29)22-15-21(16-11-13-17(30-2)14-12-16)27-25(28-22)18-7-4-5-9-20(18)26/h4-14,22,25,28-29H,3,15H2,1-2H3/t22-,25-/m0/s1. The van der Waals surface area contributed by atoms with Crippen LogP contribution in [0.3, 0.4) is 0 Å². The van der Waals surface area contributed by atoms with E-state index in [-0.39, 0.29) is 17.6 Å². The first-order valence-electron chi connectivity index (χ1n) is 10.3. The third-order valence-electron chi connectivity index (χ3n) is 5.37. The largest absolute Gasteiger partial charge is 0.504 e. The van der Waals surface area contributed by atoms with E-state index in [1.165, 1.54) is 6.07 Å². The smallest absolute Gasteiger partial charge is 0.162 e. The molecule has 3 aromatic rings. The molecule has 6 heteroatoms. The van der Waals surface area contributed by atoms with E-state index >= 15 is 0 Å². The van der Waals surface area contributed by atoms with E-state index < -0.39 is 6.17 Å². The molecule has 0 amide bonds. The minimum Gasteiger partial charge on any atom is -0.504 e. The normalized spacial score (nSPS) is 18.4. The van der Waals surface area contributed by atoms with Crippen molar-refractivity contribution in [2.75, 3.05) is 13.7 Å². The summed E-state index contributed by atoms with van der Waals surface area (Å²) < 4.78 is 25.4. The van der Waals surface area contributed by atoms with Gasteiger partial charge in [0.15, 0.2) is 11.5 Å². The van der Waals surface area contributed by atoms with Gasteiger partial charge in [0.25, 0.3) is 0 Å². The number of phenolic OH excluding ortho intramolecular Hbond substituents is 1. The maximum atomic E-state index is 14.6. The Bertz CT molecular complexity index is 1080. The van der Waals surface area contributed by atoms with Crippen LogP contribution >= 0.6 is 0 Å². The minimum absolute atomic E-state index is 0.0881. The molecular formula is C25H25FN2O3. The first-order chi connectivity index (χ1) is 15.1. The Labute approximate surface area is 181 Å². The van der Waals surface area contributed by atoms with E-state index in [9.17, 15) is 9.50 Å². The van der Waals surface area contributed by atoms with Crippen LogP contribution < -0.4 is 14.8 Å². The highest BCUT2D eigenvalue weighted by Crippen LogP contribution is 2.39. The van der Waals surface area contributed by atoms with Crippen molar-refractivity contribution in [2.24, 2.45) is 4.99 Å². The molecule has 0 unspecified atom stereocenters. The van der Waals surface area contributed by atoms with E-state index in [0.717, 1.165) is 17.0 Å². The quantitative estimate of drug-likeness (QED) is 0.578. The van der Waals surface area contributed by atoms with E-state index in [0.29, 0.717) is 29.9 Å². The lowest BCUT2D eigenvalue weighted by atomic mass is 9.93. The Kier molecular flexibility index (Phi) is 6.18. The van der Waals surface area contributed by atoms with Gasteiger partial charge >= 0.3 is 0 Å². The molecule has 0 aliphatic carbocycles. The minimum atomic E-state index is -0.591. The number of halogens is 1. The molecule has 0 radical (unpaired) electrons. The number of nitrogens with one attached hydrogen (secondary N) is 1. The first-order valence-corrected chi connectivity index (χ1v) is 10.3. The van der Waals surface area contributed by atoms with E-state index in [1.807, 2.05) is 43.3 Å². The van der Waals surface area contributed by atoms with Crippen molar-refractivity contribution in [3.05, 3.63) is 89.2 Å². The lowest BCUT2D eigenvalue weighted by Gasteiger charge is -2.31. The summed E-state index contributed by atoms with van der Waals surface area (Å²) in [6.07, 6.45) is -0.0624. The summed E-state index contributed by atoms with van der Waals surface area (Å²) in [5.41, 5.74) is 2.89. The number of para-hydroxylation sites is 1. The highest BCUT2D eigenvalue weighted by Gasteiger charge is 2.29. The molecule has 0 bridgehead atoms. The predicted molar refractivity (Wildman–Crippen MR) is 118 cm³/mol. The Morgan fingerprint density at radius 1 is 1.03 bits per heavy atom. The molecule has 1 aliphatic rings. The molecule has 0 aromatic heterocycles. The van der Waals surface area contributed by atoms with Crippen molar-refractivity contribution < 1.29 is 19.0 Å². The molecule has 4 rings (SSSR count). The molecule has 0 saturated carbocycles. The van der Waals surface area contributed by atoms with Crippen LogP contribution in [0.25, 0.3) is 0 Å². The van der Waals surface area contributed by atoms with Crippen molar-refractivity contribution in [1.29, 1.82) is 0 Å². The molecule has 2 atom stereocenters. The van der Waals surface area contributed by atoms with E-state index in [4.69, 9.17) is 14.5 Å². The van der Waals surface area contributed by atoms with Gasteiger partial charge in [-0.2, -0.15) is 0 Å². The third kappa shape index (κ3) is 4.39. The highest BCUT2D eigenvalue weighted by molar-refractivity contribution is 6.01. The van der Waals surface area contributed by atoms with E-state index in [2.05, 4.69) is 5.32 Å². The molecule has 1 heterocycles. The van der Waals surface area contributed by atoms with E-state index in [1.54, 1.807) is 31.4 Å². The van der Waals surface area contributed by atoms with Crippen LogP contribution in [0.4, 0.5) is 4.39 Å². The Balaban J connectivity index is 1.76. The number of rotatable bonds is 6. The van der Waals surface area contributed by atoms with Gasteiger partial charge in [-0.05, 0) is 48.9 Å². The van der Waals surface area contributed by atoms with Crippen LogP contribution in [0.5, 0.6) is 17.2 Å². The zero-order valence-corrected chi connectivity index (χ0v) is 17.5. The zero-order valence-electron chi connectivity index (χ0n) is 17.5. The Morgan fingerprint density at radius 2 is 1.77 bits per heavy atom. The summed E-state index contributed by atoms with van der Waals surface area (Å²) in [4.78, 5) is 4.81. The summed E-state index contributed by atoms with van der Waals surface area (Å²) in [5, 5.41) is 14.2. The number of phenols is 1. The fourth-order valence-corrected chi connectivity index (χ4v) is 3.81. The molecule has 31 heavy (non-hydrogen) atoms. The SMILES string of the molecule is CCOc1cccc([C@@H]2CC(c3ccc(OC)cc3)=N[C@H](c3ccccc3F)N2)c1O. The van der Waals surface area contributed by atoms with Gasteiger partial charge in [0, 0.05) is 29.3 Å². The topological polar surface area (TPSA) is 63.1 Å². The second-order valence-corrected chi connectivity index (χ2v) is 7.28. The summed E-state index contributed by atoms with van der Waals surface area (Å²) >= 11 is 0. The van der Waals surface area contributed by atoms with Gasteiger partial charge in [-0.25, -0.2) is 4.39 Å². The third-order valence-corrected chi connectivity index (χ3v) is 5.37. The predicted octanol–water partition coefficient (Wildman–Crippen LogP) is 5.16. The molecule has 1 aliphatic heterocycles. The van der Waals surface area contributed by atoms with Gasteiger partial charge in [-0.1, -0.05) is 30.3 Å². The van der Waals surface area contributed by atoms with Gasteiger partial charge in [0.1, 0.15) is 17.7 Å². The zero-order chi connectivity index (χ0) is 21.8. The molecule has 2 N–H and O–H groups in total. The van der Waals surface area contributed by atoms with Crippen molar-refractivity contribution in [3.63, 3.8) is 0 Å². The lowest BCUT2D eigenvalue weighted by Crippen LogP contribution is -2.33. The number of aliphatic imine (C=N–C) groups is 1. The molecule has 5 nitrogen and oxygen atoms in total. The molecular weight excluding hydrogens is 395 g/mol. The van der Waals surface area contributed by atoms with Gasteiger partial charge < -0.3 is 14.6 Å². The van der Waals surface area contributed by atoms with Crippen molar-refractivity contribution in [3.8, 4) is 17.2 Å². The van der Waals surface area contributed by atoms with Crippen LogP contribution in [0, 0.1) is 5.82 Å². The Morgan fingerprint density at radius 3 is 2.48 bits per heavy atom. The second kappa shape index (κ2) is 9.18. The highest BCUT2D eigenvalue weighted by atomic mass is 19.1. The van der Waals surface area contributed by atoms with Crippen LogP contribution in [-0.2, 0) is 0 Å². The van der Waals surface area contributed by atoms with Gasteiger partial charge in [-0.3, -0.25) is 10.3 Å². The number of methoxy groups -OCH3 is 1. The summed E-state index contributed by atoms with van der Waals surface area (Å²) in [7, 11) is 1.62. The van der Waals surface area contributed by atoms with Gasteiger partial charge in [-0.15, -0.1) is 0 Å². The van der Waals surface area contributed by atoms with Crippen molar-refractivity contribution >= 4 is 5.71 Å². The number of hydrogen-bond acceptors (Lipinski definition) is 5. The first kappa shape index (κ1) is 20.9. The molecule has 0 fully saturated rings. The van der Waals surface area contributed by atoms with Crippen LogP contribution in [0.15, 0.2) is 71.7 Å². The lowest BCUT2D eigenvalue weighted by molar-refractivity contribution is 0.313. The Hall–Kier alpha value is -3.38. The summed E-state index contributed by atoms with van der Waals surface area (Å²) in [6, 6.07) is 19.4. The van der Waals surface area contributed by atoms with Crippen LogP contribution in [-0.4, -0.2) is 24.5 Å². The van der Waals surface area contributed by atoms with Crippen molar-refractivity contribution in [1.82, 2.24) is 5.32 Å². The van der Waals surface area contributed by atoms with Gasteiger partial charge in [0.2, 0.25) is 0 Å². The fraction of sp³-hybridized carbons (Fsp3) is 0.240. The van der Waals surface area contributed by atoms with Crippen molar-refractivity contribution in [2.45, 2.75) is 25.6 Å². The van der Waals surface area contributed by atoms with Gasteiger partial charge in [0.05, 0.1) is 13.7 Å². The number of benzene rings is 3. The number of nitrogens with zero attached hydrogens (tertiary/aromatic N) is 1. The monoisotopic (exact) mass is 420 g/mol. The maximum absolute atomic E-state index is 14.6. The number of aromatic hydroxyl groups is 1. The second-order valence-electron chi connectivity index (χ2n) is 7.28. The average Bonchev–Trinajstić information content (AvgIpc) is 2.80. The number of hydrogen-bond donors (Lipinski definition) is 2. The number of ether oxygens (including phenoxy) is 2. The van der Waals surface area contributed by atoms with Crippen LogP contribution in [0.2, 0.25) is 0 Å².